The zero-order chi connectivity index (χ0) is 10.8. The molecule has 0 radical (unpaired) electrons. The molecule has 1 fully saturated rings. The van der Waals surface area contributed by atoms with Gasteiger partial charge in [0.2, 0.25) is 0 Å². The van der Waals surface area contributed by atoms with E-state index < -0.39 is 11.8 Å². The van der Waals surface area contributed by atoms with Crippen molar-refractivity contribution in [2.45, 2.75) is 57.2 Å². The Bertz CT molecular complexity index is 180. The number of alkyl halides is 3. The Morgan fingerprint density at radius 3 is 2.14 bits per heavy atom. The summed E-state index contributed by atoms with van der Waals surface area (Å²) >= 11 is 0. The molecule has 1 N–H and O–H groups in total. The molecule has 14 heavy (non-hydrogen) atoms. The lowest BCUT2D eigenvalue weighted by atomic mass is 9.77. The van der Waals surface area contributed by atoms with Crippen LogP contribution >= 0.6 is 0 Å². The summed E-state index contributed by atoms with van der Waals surface area (Å²) in [6.07, 6.45) is -1.71. The number of halogens is 3. The van der Waals surface area contributed by atoms with E-state index in [0.29, 0.717) is 18.8 Å². The van der Waals surface area contributed by atoms with Gasteiger partial charge in [0.1, 0.15) is 0 Å². The normalized spacial score (nSPS) is 34.5. The zero-order valence-corrected chi connectivity index (χ0v) is 8.40. The molecule has 4 heteroatoms. The van der Waals surface area contributed by atoms with Crippen molar-refractivity contribution in [1.29, 1.82) is 0 Å². The van der Waals surface area contributed by atoms with Crippen LogP contribution in [0.3, 0.4) is 0 Å². The van der Waals surface area contributed by atoms with Crippen LogP contribution in [-0.2, 0) is 0 Å². The van der Waals surface area contributed by atoms with Gasteiger partial charge in [-0.2, -0.15) is 13.2 Å². The molecule has 1 aliphatic rings. The standard InChI is InChI=1S/C10H17F3O/c1-2-3-8-4-6-9(14,7-5-8)10(11,12)13/h8,14H,2-7H2,1H3. The van der Waals surface area contributed by atoms with Crippen molar-refractivity contribution in [3.8, 4) is 0 Å². The molecule has 1 saturated carbocycles. The summed E-state index contributed by atoms with van der Waals surface area (Å²) in [5.74, 6) is 0.377. The van der Waals surface area contributed by atoms with Crippen LogP contribution in [0, 0.1) is 5.92 Å². The van der Waals surface area contributed by atoms with Gasteiger partial charge >= 0.3 is 6.18 Å². The highest BCUT2D eigenvalue weighted by Crippen LogP contribution is 2.43. The van der Waals surface area contributed by atoms with Gasteiger partial charge in [0.05, 0.1) is 0 Å². The second-order valence-electron chi connectivity index (χ2n) is 4.26. The summed E-state index contributed by atoms with van der Waals surface area (Å²) < 4.78 is 37.2. The topological polar surface area (TPSA) is 20.2 Å². The third-order valence-electron chi connectivity index (χ3n) is 3.16. The number of hydrogen-bond acceptors (Lipinski definition) is 1. The van der Waals surface area contributed by atoms with Gasteiger partial charge in [-0.25, -0.2) is 0 Å². The van der Waals surface area contributed by atoms with Crippen LogP contribution in [0.1, 0.15) is 45.4 Å². The summed E-state index contributed by atoms with van der Waals surface area (Å²) in [6, 6.07) is 0. The minimum atomic E-state index is -4.45. The second-order valence-corrected chi connectivity index (χ2v) is 4.26. The molecule has 0 saturated heterocycles. The van der Waals surface area contributed by atoms with E-state index in [-0.39, 0.29) is 12.8 Å². The monoisotopic (exact) mass is 210 g/mol. The summed E-state index contributed by atoms with van der Waals surface area (Å²) in [5.41, 5.74) is -2.41. The molecule has 0 atom stereocenters. The van der Waals surface area contributed by atoms with Crippen molar-refractivity contribution in [2.75, 3.05) is 0 Å². The third kappa shape index (κ3) is 2.41. The van der Waals surface area contributed by atoms with Gasteiger partial charge in [-0.1, -0.05) is 19.8 Å². The van der Waals surface area contributed by atoms with Crippen molar-refractivity contribution in [3.63, 3.8) is 0 Å². The highest BCUT2D eigenvalue weighted by molar-refractivity contribution is 4.91. The summed E-state index contributed by atoms with van der Waals surface area (Å²) in [4.78, 5) is 0. The largest absolute Gasteiger partial charge is 0.417 e. The number of rotatable bonds is 2. The fourth-order valence-corrected chi connectivity index (χ4v) is 2.14. The van der Waals surface area contributed by atoms with E-state index in [0.717, 1.165) is 12.8 Å². The maximum Gasteiger partial charge on any atom is 0.417 e. The molecule has 0 amide bonds. The Morgan fingerprint density at radius 1 is 1.29 bits per heavy atom. The molecule has 0 aliphatic heterocycles. The lowest BCUT2D eigenvalue weighted by Crippen LogP contribution is -2.47. The van der Waals surface area contributed by atoms with Crippen molar-refractivity contribution in [3.05, 3.63) is 0 Å². The number of hydrogen-bond donors (Lipinski definition) is 1. The van der Waals surface area contributed by atoms with Crippen molar-refractivity contribution in [1.82, 2.24) is 0 Å². The average Bonchev–Trinajstić information content (AvgIpc) is 2.08. The Morgan fingerprint density at radius 2 is 1.79 bits per heavy atom. The van der Waals surface area contributed by atoms with Crippen LogP contribution in [0.15, 0.2) is 0 Å². The van der Waals surface area contributed by atoms with E-state index >= 15 is 0 Å². The first-order valence-electron chi connectivity index (χ1n) is 5.18. The molecule has 0 aromatic rings. The lowest BCUT2D eigenvalue weighted by molar-refractivity contribution is -0.272. The first-order chi connectivity index (χ1) is 6.39. The minimum Gasteiger partial charge on any atom is -0.380 e. The van der Waals surface area contributed by atoms with Gasteiger partial charge in [-0.3, -0.25) is 0 Å². The van der Waals surface area contributed by atoms with Gasteiger partial charge in [-0.05, 0) is 31.6 Å². The van der Waals surface area contributed by atoms with Gasteiger partial charge in [0.25, 0.3) is 0 Å². The highest BCUT2D eigenvalue weighted by Gasteiger charge is 2.54. The molecule has 0 spiro atoms. The van der Waals surface area contributed by atoms with Crippen molar-refractivity contribution < 1.29 is 18.3 Å². The van der Waals surface area contributed by atoms with Crippen LogP contribution in [-0.4, -0.2) is 16.9 Å². The first-order valence-corrected chi connectivity index (χ1v) is 5.18. The van der Waals surface area contributed by atoms with E-state index in [1.807, 2.05) is 6.92 Å². The fourth-order valence-electron chi connectivity index (χ4n) is 2.14. The maximum absolute atomic E-state index is 12.4. The highest BCUT2D eigenvalue weighted by atomic mass is 19.4. The van der Waals surface area contributed by atoms with Gasteiger partial charge in [-0.15, -0.1) is 0 Å². The molecule has 1 rings (SSSR count). The van der Waals surface area contributed by atoms with E-state index in [1.165, 1.54) is 0 Å². The Hall–Kier alpha value is -0.250. The molecule has 84 valence electrons. The Labute approximate surface area is 82.3 Å². The summed E-state index contributed by atoms with van der Waals surface area (Å²) in [5, 5.41) is 9.37. The average molecular weight is 210 g/mol. The fraction of sp³-hybridized carbons (Fsp3) is 1.00. The van der Waals surface area contributed by atoms with Crippen molar-refractivity contribution in [2.24, 2.45) is 5.92 Å². The quantitative estimate of drug-likeness (QED) is 0.741. The molecule has 0 bridgehead atoms. The predicted octanol–water partition coefficient (Wildman–Crippen LogP) is 3.27. The molecule has 1 aliphatic carbocycles. The molecule has 0 aromatic carbocycles. The Kier molecular flexibility index (Phi) is 3.45. The third-order valence-corrected chi connectivity index (χ3v) is 3.16. The van der Waals surface area contributed by atoms with Crippen LogP contribution in [0.25, 0.3) is 0 Å². The second kappa shape index (κ2) is 4.09. The zero-order valence-electron chi connectivity index (χ0n) is 8.40. The van der Waals surface area contributed by atoms with Gasteiger partial charge in [0, 0.05) is 0 Å². The lowest BCUT2D eigenvalue weighted by Gasteiger charge is -2.37. The van der Waals surface area contributed by atoms with E-state index in [2.05, 4.69) is 0 Å². The van der Waals surface area contributed by atoms with Crippen LogP contribution < -0.4 is 0 Å². The molecule has 0 heterocycles. The molecular weight excluding hydrogens is 193 g/mol. The number of aliphatic hydroxyl groups is 1. The minimum absolute atomic E-state index is 0.124. The Balaban J connectivity index is 2.49. The summed E-state index contributed by atoms with van der Waals surface area (Å²) in [6.45, 7) is 2.03. The van der Waals surface area contributed by atoms with E-state index in [1.54, 1.807) is 0 Å². The first kappa shape index (κ1) is 11.8. The van der Waals surface area contributed by atoms with E-state index in [9.17, 15) is 18.3 Å². The molecule has 1 nitrogen and oxygen atoms in total. The van der Waals surface area contributed by atoms with Crippen molar-refractivity contribution >= 4 is 0 Å². The van der Waals surface area contributed by atoms with Crippen LogP contribution in [0.5, 0.6) is 0 Å². The summed E-state index contributed by atoms with van der Waals surface area (Å²) in [7, 11) is 0. The molecule has 0 aromatic heterocycles. The predicted molar refractivity (Wildman–Crippen MR) is 47.9 cm³/mol. The molecular formula is C10H17F3O. The smallest absolute Gasteiger partial charge is 0.380 e. The van der Waals surface area contributed by atoms with Gasteiger partial charge < -0.3 is 5.11 Å². The maximum atomic E-state index is 12.4. The van der Waals surface area contributed by atoms with Crippen LogP contribution in [0.2, 0.25) is 0 Å². The SMILES string of the molecule is CCCC1CCC(O)(C(F)(F)F)CC1. The van der Waals surface area contributed by atoms with Crippen LogP contribution in [0.4, 0.5) is 13.2 Å². The van der Waals surface area contributed by atoms with Gasteiger partial charge in [0.15, 0.2) is 5.60 Å². The van der Waals surface area contributed by atoms with E-state index in [4.69, 9.17) is 0 Å². The molecule has 0 unspecified atom stereocenters.